The Bertz CT molecular complexity index is 911. The van der Waals surface area contributed by atoms with Gasteiger partial charge in [0.25, 0.3) is 5.91 Å². The lowest BCUT2D eigenvalue weighted by Crippen LogP contribution is -2.34. The predicted octanol–water partition coefficient (Wildman–Crippen LogP) is 3.47. The number of carbonyl (C=O) groups excluding carboxylic acids is 1. The molecule has 0 bridgehead atoms. The van der Waals surface area contributed by atoms with E-state index >= 15 is 0 Å². The van der Waals surface area contributed by atoms with Gasteiger partial charge in [0.15, 0.2) is 0 Å². The fourth-order valence-corrected chi connectivity index (χ4v) is 4.15. The molecule has 0 aliphatic rings. The summed E-state index contributed by atoms with van der Waals surface area (Å²) in [6, 6.07) is 11.7. The van der Waals surface area contributed by atoms with E-state index in [-0.39, 0.29) is 10.8 Å². The van der Waals surface area contributed by atoms with E-state index in [0.29, 0.717) is 24.3 Å². The largest absolute Gasteiger partial charge is 0.322 e. The van der Waals surface area contributed by atoms with Crippen LogP contribution < -0.4 is 10.0 Å². The summed E-state index contributed by atoms with van der Waals surface area (Å²) in [4.78, 5) is 14.7. The Hall–Kier alpha value is -1.49. The third-order valence-corrected chi connectivity index (χ3v) is 7.11. The summed E-state index contributed by atoms with van der Waals surface area (Å²) < 4.78 is 28.4. The molecule has 6 nitrogen and oxygen atoms in total. The first-order valence-corrected chi connectivity index (χ1v) is 11.7. The lowest BCUT2D eigenvalue weighted by Gasteiger charge is -2.18. The van der Waals surface area contributed by atoms with Crippen LogP contribution in [0.4, 0.5) is 5.69 Å². The summed E-state index contributed by atoms with van der Waals surface area (Å²) in [5.41, 5.74) is 2.22. The van der Waals surface area contributed by atoms with Crippen molar-refractivity contribution in [3.63, 3.8) is 0 Å². The highest BCUT2D eigenvalue weighted by Gasteiger charge is 2.14. The molecule has 8 heteroatoms. The highest BCUT2D eigenvalue weighted by Crippen LogP contribution is 2.17. The summed E-state index contributed by atoms with van der Waals surface area (Å²) in [6.07, 6.45) is 0. The molecule has 28 heavy (non-hydrogen) atoms. The van der Waals surface area contributed by atoms with Crippen LogP contribution in [0.25, 0.3) is 0 Å². The van der Waals surface area contributed by atoms with Crippen molar-refractivity contribution in [3.05, 3.63) is 57.2 Å². The van der Waals surface area contributed by atoms with Gasteiger partial charge in [0.05, 0.1) is 4.90 Å². The topological polar surface area (TPSA) is 78.5 Å². The lowest BCUT2D eigenvalue weighted by atomic mass is 10.1. The predicted molar refractivity (Wildman–Crippen MR) is 121 cm³/mol. The number of hydrogen-bond donors (Lipinski definition) is 2. The van der Waals surface area contributed by atoms with Crippen LogP contribution >= 0.6 is 22.6 Å². The number of halogens is 1. The van der Waals surface area contributed by atoms with Gasteiger partial charge in [-0.1, -0.05) is 19.9 Å². The molecule has 0 aliphatic carbocycles. The van der Waals surface area contributed by atoms with Crippen LogP contribution in [0.5, 0.6) is 0 Å². The van der Waals surface area contributed by atoms with E-state index in [4.69, 9.17) is 0 Å². The highest BCUT2D eigenvalue weighted by atomic mass is 127. The third kappa shape index (κ3) is 6.26. The van der Waals surface area contributed by atoms with Gasteiger partial charge in [-0.15, -0.1) is 0 Å². The number of amides is 1. The zero-order valence-electron chi connectivity index (χ0n) is 16.3. The molecule has 0 heterocycles. The van der Waals surface area contributed by atoms with E-state index in [9.17, 15) is 13.2 Å². The van der Waals surface area contributed by atoms with E-state index in [1.54, 1.807) is 18.2 Å². The van der Waals surface area contributed by atoms with Crippen LogP contribution in [0.3, 0.4) is 0 Å². The van der Waals surface area contributed by atoms with Crippen molar-refractivity contribution in [2.45, 2.75) is 25.7 Å². The number of anilines is 1. The van der Waals surface area contributed by atoms with E-state index < -0.39 is 10.0 Å². The van der Waals surface area contributed by atoms with Crippen LogP contribution in [-0.4, -0.2) is 45.4 Å². The van der Waals surface area contributed by atoms with Gasteiger partial charge in [-0.2, -0.15) is 0 Å². The van der Waals surface area contributed by atoms with Crippen molar-refractivity contribution >= 4 is 44.2 Å². The van der Waals surface area contributed by atoms with E-state index in [1.807, 2.05) is 32.9 Å². The number of nitrogens with zero attached hydrogens (tertiary/aromatic N) is 1. The van der Waals surface area contributed by atoms with Gasteiger partial charge in [-0.25, -0.2) is 13.1 Å². The molecule has 0 unspecified atom stereocenters. The molecule has 0 aromatic heterocycles. The number of benzene rings is 2. The molecule has 2 aromatic carbocycles. The molecule has 0 saturated heterocycles. The van der Waals surface area contributed by atoms with Gasteiger partial charge in [0, 0.05) is 27.9 Å². The van der Waals surface area contributed by atoms with Gasteiger partial charge >= 0.3 is 0 Å². The SMILES string of the molecule is CCN(CC)CCNS(=O)(=O)c1ccc(NC(=O)c2ccc(C)c(I)c2)cc1. The highest BCUT2D eigenvalue weighted by molar-refractivity contribution is 14.1. The fourth-order valence-electron chi connectivity index (χ4n) is 2.62. The molecule has 0 spiro atoms. The molecule has 0 aliphatic heterocycles. The zero-order chi connectivity index (χ0) is 20.7. The molecule has 2 rings (SSSR count). The fraction of sp³-hybridized carbons (Fsp3) is 0.350. The number of aryl methyl sites for hydroxylation is 1. The Morgan fingerprint density at radius 2 is 1.71 bits per heavy atom. The first-order valence-electron chi connectivity index (χ1n) is 9.16. The minimum atomic E-state index is -3.57. The smallest absolute Gasteiger partial charge is 0.255 e. The summed E-state index contributed by atoms with van der Waals surface area (Å²) in [5.74, 6) is -0.231. The first-order chi connectivity index (χ1) is 13.3. The van der Waals surface area contributed by atoms with Gasteiger partial charge in [-0.05, 0) is 84.6 Å². The number of sulfonamides is 1. The van der Waals surface area contributed by atoms with Gasteiger partial charge in [-0.3, -0.25) is 4.79 Å². The molecule has 1 amide bonds. The van der Waals surface area contributed by atoms with E-state index in [2.05, 4.69) is 37.5 Å². The first kappa shape index (κ1) is 22.8. The van der Waals surface area contributed by atoms with Gasteiger partial charge in [0.1, 0.15) is 0 Å². The van der Waals surface area contributed by atoms with Crippen molar-refractivity contribution < 1.29 is 13.2 Å². The maximum atomic E-state index is 12.4. The molecule has 0 radical (unpaired) electrons. The third-order valence-electron chi connectivity index (χ3n) is 4.47. The number of rotatable bonds is 9. The van der Waals surface area contributed by atoms with E-state index in [0.717, 1.165) is 22.2 Å². The normalized spacial score (nSPS) is 11.6. The average molecular weight is 515 g/mol. The summed E-state index contributed by atoms with van der Waals surface area (Å²) >= 11 is 2.19. The van der Waals surface area contributed by atoms with Crippen LogP contribution in [-0.2, 0) is 10.0 Å². The Labute approximate surface area is 180 Å². The Kier molecular flexibility index (Phi) is 8.41. The molecule has 152 valence electrons. The molecule has 0 saturated carbocycles. The Balaban J connectivity index is 2.00. The Morgan fingerprint density at radius 1 is 1.07 bits per heavy atom. The molecular formula is C20H26IN3O3S. The monoisotopic (exact) mass is 515 g/mol. The summed E-state index contributed by atoms with van der Waals surface area (Å²) in [7, 11) is -3.57. The standard InChI is InChI=1S/C20H26IN3O3S/c1-4-24(5-2)13-12-22-28(26,27)18-10-8-17(9-11-18)23-20(25)16-7-6-15(3)19(21)14-16/h6-11,14,22H,4-5,12-13H2,1-3H3,(H,23,25). The maximum absolute atomic E-state index is 12.4. The number of carbonyl (C=O) groups is 1. The maximum Gasteiger partial charge on any atom is 0.255 e. The van der Waals surface area contributed by atoms with Crippen LogP contribution in [0.1, 0.15) is 29.8 Å². The number of likely N-dealkylation sites (N-methyl/N-ethyl adjacent to an activating group) is 1. The van der Waals surface area contributed by atoms with Crippen LogP contribution in [0.15, 0.2) is 47.4 Å². The van der Waals surface area contributed by atoms with Crippen molar-refractivity contribution in [2.75, 3.05) is 31.5 Å². The summed E-state index contributed by atoms with van der Waals surface area (Å²) in [6.45, 7) is 8.85. The number of hydrogen-bond acceptors (Lipinski definition) is 4. The molecule has 2 N–H and O–H groups in total. The Morgan fingerprint density at radius 3 is 2.29 bits per heavy atom. The lowest BCUT2D eigenvalue weighted by molar-refractivity contribution is 0.102. The van der Waals surface area contributed by atoms with Crippen LogP contribution in [0.2, 0.25) is 0 Å². The average Bonchev–Trinajstić information content (AvgIpc) is 2.67. The van der Waals surface area contributed by atoms with Gasteiger partial charge < -0.3 is 10.2 Å². The molecule has 2 aromatic rings. The van der Waals surface area contributed by atoms with Crippen molar-refractivity contribution in [3.8, 4) is 0 Å². The quantitative estimate of drug-likeness (QED) is 0.502. The number of nitrogens with one attached hydrogen (secondary N) is 2. The zero-order valence-corrected chi connectivity index (χ0v) is 19.3. The molecule has 0 fully saturated rings. The van der Waals surface area contributed by atoms with Crippen molar-refractivity contribution in [1.82, 2.24) is 9.62 Å². The second kappa shape index (κ2) is 10.3. The van der Waals surface area contributed by atoms with Crippen molar-refractivity contribution in [1.29, 1.82) is 0 Å². The molecular weight excluding hydrogens is 489 g/mol. The summed E-state index contributed by atoms with van der Waals surface area (Å²) in [5, 5.41) is 2.79. The second-order valence-electron chi connectivity index (χ2n) is 6.37. The minimum Gasteiger partial charge on any atom is -0.322 e. The van der Waals surface area contributed by atoms with E-state index in [1.165, 1.54) is 12.1 Å². The van der Waals surface area contributed by atoms with Gasteiger partial charge in [0.2, 0.25) is 10.0 Å². The minimum absolute atomic E-state index is 0.176. The van der Waals surface area contributed by atoms with Crippen molar-refractivity contribution in [2.24, 2.45) is 0 Å². The van der Waals surface area contributed by atoms with Crippen LogP contribution in [0, 0.1) is 10.5 Å². The molecule has 0 atom stereocenters. The second-order valence-corrected chi connectivity index (χ2v) is 9.30.